The van der Waals surface area contributed by atoms with E-state index < -0.39 is 0 Å². The van der Waals surface area contributed by atoms with Gasteiger partial charge in [0.15, 0.2) is 0 Å². The summed E-state index contributed by atoms with van der Waals surface area (Å²) in [7, 11) is 3.85. The molecule has 3 heteroatoms. The quantitative estimate of drug-likeness (QED) is 0.693. The molecule has 1 aliphatic rings. The van der Waals surface area contributed by atoms with Gasteiger partial charge in [0.05, 0.1) is 0 Å². The van der Waals surface area contributed by atoms with Crippen LogP contribution < -0.4 is 5.32 Å². The Morgan fingerprint density at radius 3 is 2.45 bits per heavy atom. The van der Waals surface area contributed by atoms with Gasteiger partial charge in [0.2, 0.25) is 0 Å². The average molecular weight is 285 g/mol. The van der Waals surface area contributed by atoms with E-state index in [-0.39, 0.29) is 0 Å². The number of rotatable bonds is 8. The highest BCUT2D eigenvalue weighted by molar-refractivity contribution is 4.88. The van der Waals surface area contributed by atoms with Crippen LogP contribution in [0.4, 0.5) is 0 Å². The van der Waals surface area contributed by atoms with Crippen LogP contribution in [-0.2, 0) is 9.47 Å². The third kappa shape index (κ3) is 6.11. The Labute approximate surface area is 125 Å². The largest absolute Gasteiger partial charge is 0.385 e. The maximum absolute atomic E-state index is 5.74. The zero-order valence-corrected chi connectivity index (χ0v) is 14.2. The van der Waals surface area contributed by atoms with E-state index in [1.54, 1.807) is 7.11 Å². The van der Waals surface area contributed by atoms with Crippen molar-refractivity contribution in [3.63, 3.8) is 0 Å². The minimum atomic E-state index is 0.441. The summed E-state index contributed by atoms with van der Waals surface area (Å²) in [6, 6.07) is 0.677. The van der Waals surface area contributed by atoms with Gasteiger partial charge in [-0.25, -0.2) is 0 Å². The van der Waals surface area contributed by atoms with Crippen LogP contribution in [0.3, 0.4) is 0 Å². The van der Waals surface area contributed by atoms with E-state index in [0.717, 1.165) is 38.1 Å². The predicted molar refractivity (Wildman–Crippen MR) is 85.1 cm³/mol. The topological polar surface area (TPSA) is 30.5 Å². The number of hydrogen-bond acceptors (Lipinski definition) is 3. The SMILES string of the molecule is CNC1CCC(C(C)(C)C)CC1CCOCCCOC. The first kappa shape index (κ1) is 17.9. The lowest BCUT2D eigenvalue weighted by atomic mass is 9.67. The van der Waals surface area contributed by atoms with Gasteiger partial charge < -0.3 is 14.8 Å². The summed E-state index contributed by atoms with van der Waals surface area (Å²) >= 11 is 0. The molecule has 20 heavy (non-hydrogen) atoms. The van der Waals surface area contributed by atoms with E-state index in [1.807, 2.05) is 0 Å². The molecule has 3 unspecified atom stereocenters. The van der Waals surface area contributed by atoms with Gasteiger partial charge in [-0.15, -0.1) is 0 Å². The molecule has 0 aromatic carbocycles. The molecule has 3 atom stereocenters. The summed E-state index contributed by atoms with van der Waals surface area (Å²) in [4.78, 5) is 0. The molecule has 0 bridgehead atoms. The molecule has 120 valence electrons. The molecule has 0 aromatic heterocycles. The maximum atomic E-state index is 5.74. The highest BCUT2D eigenvalue weighted by Crippen LogP contribution is 2.41. The van der Waals surface area contributed by atoms with Crippen molar-refractivity contribution in [2.75, 3.05) is 34.0 Å². The summed E-state index contributed by atoms with van der Waals surface area (Å²) in [6.07, 6.45) is 6.20. The lowest BCUT2D eigenvalue weighted by Gasteiger charge is -2.42. The molecule has 0 amide bonds. The highest BCUT2D eigenvalue weighted by atomic mass is 16.5. The molecule has 1 rings (SSSR count). The third-order valence-electron chi connectivity index (χ3n) is 4.85. The number of nitrogens with one attached hydrogen (secondary N) is 1. The van der Waals surface area contributed by atoms with Gasteiger partial charge in [-0.2, -0.15) is 0 Å². The fourth-order valence-electron chi connectivity index (χ4n) is 3.39. The van der Waals surface area contributed by atoms with E-state index in [9.17, 15) is 0 Å². The lowest BCUT2D eigenvalue weighted by Crippen LogP contribution is -2.41. The molecule has 0 spiro atoms. The molecular weight excluding hydrogens is 250 g/mol. The lowest BCUT2D eigenvalue weighted by molar-refractivity contribution is 0.0647. The van der Waals surface area contributed by atoms with E-state index in [2.05, 4.69) is 33.1 Å². The van der Waals surface area contributed by atoms with E-state index in [4.69, 9.17) is 9.47 Å². The van der Waals surface area contributed by atoms with Gasteiger partial charge in [-0.05, 0) is 56.4 Å². The highest BCUT2D eigenvalue weighted by Gasteiger charge is 2.34. The predicted octanol–water partition coefficient (Wildman–Crippen LogP) is 3.48. The molecule has 0 saturated heterocycles. The summed E-state index contributed by atoms with van der Waals surface area (Å²) in [5.74, 6) is 1.62. The van der Waals surface area contributed by atoms with E-state index in [0.29, 0.717) is 11.5 Å². The minimum absolute atomic E-state index is 0.441. The van der Waals surface area contributed by atoms with E-state index in [1.165, 1.54) is 25.7 Å². The summed E-state index contributed by atoms with van der Waals surface area (Å²) in [5.41, 5.74) is 0.441. The number of hydrogen-bond donors (Lipinski definition) is 1. The summed E-state index contributed by atoms with van der Waals surface area (Å²) in [5, 5.41) is 3.51. The van der Waals surface area contributed by atoms with E-state index >= 15 is 0 Å². The fraction of sp³-hybridized carbons (Fsp3) is 1.00. The second-order valence-corrected chi connectivity index (χ2v) is 7.28. The normalized spacial score (nSPS) is 27.8. The standard InChI is InChI=1S/C17H35NO2/c1-17(2,3)15-7-8-16(18-4)14(13-15)9-12-20-11-6-10-19-5/h14-16,18H,6-13H2,1-5H3. The van der Waals surface area contributed by atoms with Gasteiger partial charge in [0.1, 0.15) is 0 Å². The van der Waals surface area contributed by atoms with Crippen LogP contribution >= 0.6 is 0 Å². The second-order valence-electron chi connectivity index (χ2n) is 7.28. The van der Waals surface area contributed by atoms with Crippen LogP contribution in [0, 0.1) is 17.3 Å². The van der Waals surface area contributed by atoms with Crippen molar-refractivity contribution in [2.45, 2.75) is 58.9 Å². The summed E-state index contributed by atoms with van der Waals surface area (Å²) in [6.45, 7) is 9.67. The first-order valence-electron chi connectivity index (χ1n) is 8.23. The molecule has 0 aliphatic heterocycles. The molecule has 1 aliphatic carbocycles. The zero-order valence-electron chi connectivity index (χ0n) is 14.2. The van der Waals surface area contributed by atoms with Gasteiger partial charge in [0, 0.05) is 33.0 Å². The molecular formula is C17H35NO2. The molecule has 0 heterocycles. The monoisotopic (exact) mass is 285 g/mol. The second kappa shape index (κ2) is 9.01. The molecule has 3 nitrogen and oxygen atoms in total. The molecule has 0 aromatic rings. The van der Waals surface area contributed by atoms with Crippen LogP contribution in [0.5, 0.6) is 0 Å². The molecule has 1 saturated carbocycles. The van der Waals surface area contributed by atoms with Crippen LogP contribution in [0.25, 0.3) is 0 Å². The van der Waals surface area contributed by atoms with Gasteiger partial charge in [-0.1, -0.05) is 20.8 Å². The molecule has 0 radical (unpaired) electrons. The average Bonchev–Trinajstić information content (AvgIpc) is 2.41. The first-order valence-corrected chi connectivity index (χ1v) is 8.23. The van der Waals surface area contributed by atoms with Crippen LogP contribution in [0.15, 0.2) is 0 Å². The van der Waals surface area contributed by atoms with Gasteiger partial charge >= 0.3 is 0 Å². The van der Waals surface area contributed by atoms with Gasteiger partial charge in [0.25, 0.3) is 0 Å². The molecule has 1 fully saturated rings. The Hall–Kier alpha value is -0.120. The first-order chi connectivity index (χ1) is 9.49. The number of ether oxygens (including phenoxy) is 2. The number of methoxy groups -OCH3 is 1. The summed E-state index contributed by atoms with van der Waals surface area (Å²) < 4.78 is 10.8. The molecule has 1 N–H and O–H groups in total. The Morgan fingerprint density at radius 2 is 1.85 bits per heavy atom. The minimum Gasteiger partial charge on any atom is -0.385 e. The Kier molecular flexibility index (Phi) is 8.08. The van der Waals surface area contributed by atoms with Crippen LogP contribution in [0.2, 0.25) is 0 Å². The van der Waals surface area contributed by atoms with Crippen molar-refractivity contribution in [1.82, 2.24) is 5.32 Å². The fourth-order valence-corrected chi connectivity index (χ4v) is 3.39. The van der Waals surface area contributed by atoms with Crippen molar-refractivity contribution in [3.8, 4) is 0 Å². The van der Waals surface area contributed by atoms with Crippen molar-refractivity contribution in [2.24, 2.45) is 17.3 Å². The third-order valence-corrected chi connectivity index (χ3v) is 4.85. The van der Waals surface area contributed by atoms with Crippen molar-refractivity contribution in [3.05, 3.63) is 0 Å². The van der Waals surface area contributed by atoms with Crippen molar-refractivity contribution in [1.29, 1.82) is 0 Å². The smallest absolute Gasteiger partial charge is 0.0487 e. The zero-order chi connectivity index (χ0) is 15.0. The van der Waals surface area contributed by atoms with Crippen molar-refractivity contribution >= 4 is 0 Å². The van der Waals surface area contributed by atoms with Gasteiger partial charge in [-0.3, -0.25) is 0 Å². The maximum Gasteiger partial charge on any atom is 0.0487 e. The Bertz CT molecular complexity index is 250. The Balaban J connectivity index is 2.31. The van der Waals surface area contributed by atoms with Crippen molar-refractivity contribution < 1.29 is 9.47 Å². The van der Waals surface area contributed by atoms with Crippen LogP contribution in [-0.4, -0.2) is 40.0 Å². The Morgan fingerprint density at radius 1 is 1.10 bits per heavy atom. The van der Waals surface area contributed by atoms with Crippen LogP contribution in [0.1, 0.15) is 52.9 Å².